The Bertz CT molecular complexity index is 204. The molecule has 0 saturated carbocycles. The van der Waals surface area contributed by atoms with Crippen molar-refractivity contribution in [2.75, 3.05) is 20.1 Å². The van der Waals surface area contributed by atoms with Crippen LogP contribution in [-0.4, -0.2) is 43.2 Å². The van der Waals surface area contributed by atoms with E-state index in [1.807, 2.05) is 14.0 Å². The van der Waals surface area contributed by atoms with E-state index in [1.54, 1.807) is 4.90 Å². The van der Waals surface area contributed by atoms with Crippen molar-refractivity contribution in [2.45, 2.75) is 46.7 Å². The van der Waals surface area contributed by atoms with Crippen LogP contribution in [0.15, 0.2) is 0 Å². The third kappa shape index (κ3) is 6.67. The van der Waals surface area contributed by atoms with Crippen LogP contribution >= 0.6 is 0 Å². The molecule has 1 atom stereocenters. The molecule has 0 aromatic heterocycles. The smallest absolute Gasteiger partial charge is 0.317 e. The average molecular weight is 229 g/mol. The van der Waals surface area contributed by atoms with E-state index >= 15 is 0 Å². The lowest BCUT2D eigenvalue weighted by Crippen LogP contribution is -2.46. The molecule has 0 aromatic rings. The zero-order valence-corrected chi connectivity index (χ0v) is 11.5. The molecule has 0 bridgehead atoms. The van der Waals surface area contributed by atoms with E-state index in [0.29, 0.717) is 12.0 Å². The highest BCUT2D eigenvalue weighted by atomic mass is 16.2. The van der Waals surface area contributed by atoms with Crippen LogP contribution in [0, 0.1) is 5.92 Å². The molecule has 0 rings (SSSR count). The number of nitrogens with one attached hydrogen (secondary N) is 2. The lowest BCUT2D eigenvalue weighted by Gasteiger charge is -2.23. The van der Waals surface area contributed by atoms with Gasteiger partial charge in [-0.05, 0) is 12.8 Å². The standard InChI is InChI=1S/C12H27N3O/c1-9(2)11(5)14-12(16)15(6)8-7-13-10(3)4/h9-11,13H,7-8H2,1-6H3,(H,14,16). The zero-order chi connectivity index (χ0) is 12.7. The van der Waals surface area contributed by atoms with E-state index in [0.717, 1.165) is 13.1 Å². The van der Waals surface area contributed by atoms with Gasteiger partial charge in [0.2, 0.25) is 0 Å². The third-order valence-electron chi connectivity index (χ3n) is 2.70. The van der Waals surface area contributed by atoms with Crippen molar-refractivity contribution in [3.8, 4) is 0 Å². The van der Waals surface area contributed by atoms with E-state index in [4.69, 9.17) is 0 Å². The molecule has 4 nitrogen and oxygen atoms in total. The summed E-state index contributed by atoms with van der Waals surface area (Å²) in [5.41, 5.74) is 0. The summed E-state index contributed by atoms with van der Waals surface area (Å²) >= 11 is 0. The molecule has 0 radical (unpaired) electrons. The fraction of sp³-hybridized carbons (Fsp3) is 0.917. The van der Waals surface area contributed by atoms with Gasteiger partial charge in [0.25, 0.3) is 0 Å². The Labute approximate surface area is 99.8 Å². The minimum atomic E-state index is 0.00626. The number of urea groups is 1. The van der Waals surface area contributed by atoms with Crippen molar-refractivity contribution in [3.05, 3.63) is 0 Å². The molecule has 0 aromatic carbocycles. The number of rotatable bonds is 6. The highest BCUT2D eigenvalue weighted by Gasteiger charge is 2.13. The summed E-state index contributed by atoms with van der Waals surface area (Å²) in [7, 11) is 1.82. The van der Waals surface area contributed by atoms with Crippen molar-refractivity contribution >= 4 is 6.03 Å². The summed E-state index contributed by atoms with van der Waals surface area (Å²) in [6.07, 6.45) is 0. The summed E-state index contributed by atoms with van der Waals surface area (Å²) in [5.74, 6) is 0.464. The Morgan fingerprint density at radius 1 is 1.19 bits per heavy atom. The van der Waals surface area contributed by atoms with Gasteiger partial charge < -0.3 is 15.5 Å². The lowest BCUT2D eigenvalue weighted by atomic mass is 10.1. The molecule has 16 heavy (non-hydrogen) atoms. The number of amides is 2. The van der Waals surface area contributed by atoms with Crippen molar-refractivity contribution in [2.24, 2.45) is 5.92 Å². The summed E-state index contributed by atoms with van der Waals surface area (Å²) in [6, 6.07) is 0.686. The highest BCUT2D eigenvalue weighted by molar-refractivity contribution is 5.74. The number of carbonyl (C=O) groups is 1. The van der Waals surface area contributed by atoms with E-state index in [1.165, 1.54) is 0 Å². The predicted octanol–water partition coefficient (Wildman–Crippen LogP) is 1.67. The largest absolute Gasteiger partial charge is 0.335 e. The first kappa shape index (κ1) is 15.2. The maximum atomic E-state index is 11.7. The second-order valence-electron chi connectivity index (χ2n) is 5.01. The Morgan fingerprint density at radius 3 is 2.19 bits per heavy atom. The lowest BCUT2D eigenvalue weighted by molar-refractivity contribution is 0.202. The molecular formula is C12H27N3O. The van der Waals surface area contributed by atoms with Gasteiger partial charge in [-0.15, -0.1) is 0 Å². The van der Waals surface area contributed by atoms with Crippen LogP contribution in [0.25, 0.3) is 0 Å². The van der Waals surface area contributed by atoms with Crippen molar-refractivity contribution in [1.29, 1.82) is 0 Å². The van der Waals surface area contributed by atoms with Crippen LogP contribution < -0.4 is 10.6 Å². The summed E-state index contributed by atoms with van der Waals surface area (Å²) in [6.45, 7) is 12.0. The second-order valence-corrected chi connectivity index (χ2v) is 5.01. The fourth-order valence-electron chi connectivity index (χ4n) is 1.09. The van der Waals surface area contributed by atoms with Gasteiger partial charge in [-0.3, -0.25) is 0 Å². The van der Waals surface area contributed by atoms with Gasteiger partial charge in [-0.1, -0.05) is 27.7 Å². The zero-order valence-electron chi connectivity index (χ0n) is 11.5. The molecule has 0 aliphatic heterocycles. The molecule has 1 unspecified atom stereocenters. The number of hydrogen-bond donors (Lipinski definition) is 2. The first-order valence-electron chi connectivity index (χ1n) is 6.09. The first-order valence-corrected chi connectivity index (χ1v) is 6.09. The number of hydrogen-bond acceptors (Lipinski definition) is 2. The SMILES string of the molecule is CC(C)NCCN(C)C(=O)NC(C)C(C)C. The van der Waals surface area contributed by atoms with Gasteiger partial charge in [0.15, 0.2) is 0 Å². The van der Waals surface area contributed by atoms with Gasteiger partial charge in [-0.2, -0.15) is 0 Å². The predicted molar refractivity (Wildman–Crippen MR) is 68.6 cm³/mol. The van der Waals surface area contributed by atoms with Gasteiger partial charge in [0, 0.05) is 32.2 Å². The molecule has 0 aliphatic carbocycles. The molecule has 2 amide bonds. The van der Waals surface area contributed by atoms with E-state index in [9.17, 15) is 4.79 Å². The van der Waals surface area contributed by atoms with Gasteiger partial charge in [0.1, 0.15) is 0 Å². The van der Waals surface area contributed by atoms with Gasteiger partial charge >= 0.3 is 6.03 Å². The molecule has 2 N–H and O–H groups in total. The molecular weight excluding hydrogens is 202 g/mol. The third-order valence-corrected chi connectivity index (χ3v) is 2.70. The average Bonchev–Trinajstić information content (AvgIpc) is 2.16. The number of carbonyl (C=O) groups excluding carboxylic acids is 1. The van der Waals surface area contributed by atoms with Crippen LogP contribution in [0.4, 0.5) is 4.79 Å². The van der Waals surface area contributed by atoms with E-state index < -0.39 is 0 Å². The summed E-state index contributed by atoms with van der Waals surface area (Å²) in [4.78, 5) is 13.4. The number of nitrogens with zero attached hydrogens (tertiary/aromatic N) is 1. The molecule has 0 spiro atoms. The minimum absolute atomic E-state index is 0.00626. The Morgan fingerprint density at radius 2 is 1.75 bits per heavy atom. The van der Waals surface area contributed by atoms with Crippen LogP contribution in [0.5, 0.6) is 0 Å². The second kappa shape index (κ2) is 7.49. The first-order chi connectivity index (χ1) is 7.34. The van der Waals surface area contributed by atoms with Crippen molar-refractivity contribution in [1.82, 2.24) is 15.5 Å². The Kier molecular flexibility index (Phi) is 7.13. The van der Waals surface area contributed by atoms with Crippen LogP contribution in [0.1, 0.15) is 34.6 Å². The summed E-state index contributed by atoms with van der Waals surface area (Å²) < 4.78 is 0. The summed E-state index contributed by atoms with van der Waals surface area (Å²) in [5, 5.41) is 6.26. The molecule has 0 aliphatic rings. The Hall–Kier alpha value is -0.770. The monoisotopic (exact) mass is 229 g/mol. The normalized spacial score (nSPS) is 13.0. The molecule has 4 heteroatoms. The molecule has 0 heterocycles. The van der Waals surface area contributed by atoms with Crippen molar-refractivity contribution < 1.29 is 4.79 Å². The quantitative estimate of drug-likeness (QED) is 0.727. The van der Waals surface area contributed by atoms with Gasteiger partial charge in [0.05, 0.1) is 0 Å². The Balaban J connectivity index is 3.81. The molecule has 0 saturated heterocycles. The van der Waals surface area contributed by atoms with Crippen LogP contribution in [-0.2, 0) is 0 Å². The highest BCUT2D eigenvalue weighted by Crippen LogP contribution is 2.00. The minimum Gasteiger partial charge on any atom is -0.335 e. The number of likely N-dealkylation sites (N-methyl/N-ethyl adjacent to an activating group) is 1. The van der Waals surface area contributed by atoms with Gasteiger partial charge in [-0.25, -0.2) is 4.79 Å². The molecule has 96 valence electrons. The van der Waals surface area contributed by atoms with Crippen LogP contribution in [0.2, 0.25) is 0 Å². The fourth-order valence-corrected chi connectivity index (χ4v) is 1.09. The topological polar surface area (TPSA) is 44.4 Å². The molecule has 0 fully saturated rings. The maximum Gasteiger partial charge on any atom is 0.317 e. The van der Waals surface area contributed by atoms with Crippen LogP contribution in [0.3, 0.4) is 0 Å². The van der Waals surface area contributed by atoms with E-state index in [-0.39, 0.29) is 12.1 Å². The van der Waals surface area contributed by atoms with E-state index in [2.05, 4.69) is 38.3 Å². The maximum absolute atomic E-state index is 11.7. The van der Waals surface area contributed by atoms with Crippen molar-refractivity contribution in [3.63, 3.8) is 0 Å².